The van der Waals surface area contributed by atoms with E-state index in [2.05, 4.69) is 5.16 Å². The van der Waals surface area contributed by atoms with Gasteiger partial charge in [-0.15, -0.1) is 0 Å². The van der Waals surface area contributed by atoms with Crippen molar-refractivity contribution in [1.29, 1.82) is 0 Å². The molecule has 0 bridgehead atoms. The van der Waals surface area contributed by atoms with Crippen molar-refractivity contribution in [3.63, 3.8) is 0 Å². The van der Waals surface area contributed by atoms with Crippen LogP contribution < -0.4 is 0 Å². The highest BCUT2D eigenvalue weighted by Crippen LogP contribution is 2.32. The predicted molar refractivity (Wildman–Crippen MR) is 70.9 cm³/mol. The van der Waals surface area contributed by atoms with Crippen LogP contribution in [0.15, 0.2) is 4.52 Å². The maximum atomic E-state index is 12.0. The summed E-state index contributed by atoms with van der Waals surface area (Å²) in [7, 11) is 1.72. The van der Waals surface area contributed by atoms with E-state index in [9.17, 15) is 9.90 Å². The van der Waals surface area contributed by atoms with E-state index in [0.29, 0.717) is 25.3 Å². The number of aliphatic hydroxyl groups excluding tert-OH is 1. The molecule has 1 aromatic rings. The highest BCUT2D eigenvalue weighted by Gasteiger charge is 2.31. The smallest absolute Gasteiger partial charge is 0.229 e. The van der Waals surface area contributed by atoms with Crippen LogP contribution in [0.25, 0.3) is 0 Å². The lowest BCUT2D eigenvalue weighted by atomic mass is 10.1. The lowest BCUT2D eigenvalue weighted by Crippen LogP contribution is -2.35. The van der Waals surface area contributed by atoms with E-state index in [-0.39, 0.29) is 11.1 Å². The van der Waals surface area contributed by atoms with Crippen molar-refractivity contribution >= 4 is 17.5 Å². The van der Waals surface area contributed by atoms with Crippen molar-refractivity contribution in [2.45, 2.75) is 38.7 Å². The Morgan fingerprint density at radius 3 is 2.84 bits per heavy atom. The standard InChI is InChI=1S/C13H19ClN2O3/c1-8-10(13(14)19-15-8)5-6-12(18)16(2)7-11(17)9-3-4-9/h9,11,17H,3-7H2,1-2H3. The lowest BCUT2D eigenvalue weighted by molar-refractivity contribution is -0.131. The summed E-state index contributed by atoms with van der Waals surface area (Å²) in [6.07, 6.45) is 2.60. The summed E-state index contributed by atoms with van der Waals surface area (Å²) in [5, 5.41) is 13.8. The maximum absolute atomic E-state index is 12.0. The Morgan fingerprint density at radius 1 is 1.63 bits per heavy atom. The Balaban J connectivity index is 1.80. The van der Waals surface area contributed by atoms with Crippen LogP contribution >= 0.6 is 11.6 Å². The number of hydrogen-bond donors (Lipinski definition) is 1. The van der Waals surface area contributed by atoms with Gasteiger partial charge in [-0.2, -0.15) is 0 Å². The molecule has 1 fully saturated rings. The molecule has 1 atom stereocenters. The minimum Gasteiger partial charge on any atom is -0.391 e. The molecular weight excluding hydrogens is 268 g/mol. The fraction of sp³-hybridized carbons (Fsp3) is 0.692. The topological polar surface area (TPSA) is 66.6 Å². The first kappa shape index (κ1) is 14.3. The normalized spacial score (nSPS) is 16.4. The van der Waals surface area contributed by atoms with Gasteiger partial charge in [-0.25, -0.2) is 0 Å². The third-order valence-corrected chi connectivity index (χ3v) is 3.88. The number of hydrogen-bond acceptors (Lipinski definition) is 4. The molecule has 1 aromatic heterocycles. The van der Waals surface area contributed by atoms with Crippen LogP contribution in [-0.4, -0.2) is 40.8 Å². The molecule has 1 aliphatic carbocycles. The molecule has 0 saturated heterocycles. The second-order valence-corrected chi connectivity index (χ2v) is 5.54. The van der Waals surface area contributed by atoms with Crippen molar-refractivity contribution in [1.82, 2.24) is 10.1 Å². The Bertz CT molecular complexity index is 437. The molecule has 19 heavy (non-hydrogen) atoms. The van der Waals surface area contributed by atoms with Crippen molar-refractivity contribution in [2.24, 2.45) is 5.92 Å². The Morgan fingerprint density at radius 2 is 2.32 bits per heavy atom. The van der Waals surface area contributed by atoms with Gasteiger partial charge in [0.2, 0.25) is 11.1 Å². The highest BCUT2D eigenvalue weighted by atomic mass is 35.5. The molecule has 1 N–H and O–H groups in total. The van der Waals surface area contributed by atoms with Crippen molar-refractivity contribution < 1.29 is 14.4 Å². The number of carbonyl (C=O) groups is 1. The third kappa shape index (κ3) is 3.70. The number of amides is 1. The largest absolute Gasteiger partial charge is 0.391 e. The number of halogens is 1. The van der Waals surface area contributed by atoms with E-state index >= 15 is 0 Å². The van der Waals surface area contributed by atoms with E-state index in [1.165, 1.54) is 0 Å². The van der Waals surface area contributed by atoms with E-state index < -0.39 is 6.10 Å². The molecule has 1 aliphatic rings. The molecule has 2 rings (SSSR count). The first-order chi connectivity index (χ1) is 8.99. The van der Waals surface area contributed by atoms with Crippen molar-refractivity contribution in [3.05, 3.63) is 16.5 Å². The highest BCUT2D eigenvalue weighted by molar-refractivity contribution is 6.29. The van der Waals surface area contributed by atoms with Crippen LogP contribution in [0.4, 0.5) is 0 Å². The number of nitrogens with zero attached hydrogens (tertiary/aromatic N) is 2. The molecule has 1 heterocycles. The summed E-state index contributed by atoms with van der Waals surface area (Å²) in [6, 6.07) is 0. The van der Waals surface area contributed by atoms with Crippen LogP contribution in [0.3, 0.4) is 0 Å². The Kier molecular flexibility index (Phi) is 4.47. The van der Waals surface area contributed by atoms with Gasteiger partial charge >= 0.3 is 0 Å². The summed E-state index contributed by atoms with van der Waals surface area (Å²) in [6.45, 7) is 2.20. The zero-order chi connectivity index (χ0) is 14.0. The SMILES string of the molecule is Cc1noc(Cl)c1CCC(=O)N(C)CC(O)C1CC1. The molecule has 0 radical (unpaired) electrons. The summed E-state index contributed by atoms with van der Waals surface area (Å²) in [4.78, 5) is 13.5. The van der Waals surface area contributed by atoms with E-state index in [4.69, 9.17) is 16.1 Å². The average Bonchev–Trinajstić information content (AvgIpc) is 3.15. The fourth-order valence-corrected chi connectivity index (χ4v) is 2.34. The second-order valence-electron chi connectivity index (χ2n) is 5.20. The Hall–Kier alpha value is -1.07. The third-order valence-electron chi connectivity index (χ3n) is 3.58. The van der Waals surface area contributed by atoms with Gasteiger partial charge in [-0.1, -0.05) is 5.16 Å². The summed E-state index contributed by atoms with van der Waals surface area (Å²) in [5.74, 6) is 0.376. The number of aromatic nitrogens is 1. The van der Waals surface area contributed by atoms with Gasteiger partial charge in [0.1, 0.15) is 0 Å². The quantitative estimate of drug-likeness (QED) is 0.866. The summed E-state index contributed by atoms with van der Waals surface area (Å²) < 4.78 is 4.84. The molecular formula is C13H19ClN2O3. The van der Waals surface area contributed by atoms with Gasteiger partial charge in [0, 0.05) is 25.6 Å². The number of rotatable bonds is 6. The molecule has 1 saturated carbocycles. The monoisotopic (exact) mass is 286 g/mol. The van der Waals surface area contributed by atoms with Crippen LogP contribution in [0, 0.1) is 12.8 Å². The van der Waals surface area contributed by atoms with Gasteiger partial charge in [0.25, 0.3) is 0 Å². The van der Waals surface area contributed by atoms with Gasteiger partial charge in [-0.05, 0) is 43.7 Å². The fourth-order valence-electron chi connectivity index (χ4n) is 2.08. The first-order valence-electron chi connectivity index (χ1n) is 6.51. The summed E-state index contributed by atoms with van der Waals surface area (Å²) in [5.41, 5.74) is 1.50. The van der Waals surface area contributed by atoms with Gasteiger partial charge in [0.05, 0.1) is 11.8 Å². The van der Waals surface area contributed by atoms with E-state index in [0.717, 1.165) is 24.1 Å². The molecule has 6 heteroatoms. The minimum absolute atomic E-state index is 0.00336. The Labute approximate surface area is 117 Å². The zero-order valence-electron chi connectivity index (χ0n) is 11.2. The number of aryl methyl sites for hydroxylation is 1. The van der Waals surface area contributed by atoms with E-state index in [1.54, 1.807) is 18.9 Å². The second kappa shape index (κ2) is 5.92. The molecule has 0 aromatic carbocycles. The first-order valence-corrected chi connectivity index (χ1v) is 6.89. The van der Waals surface area contributed by atoms with E-state index in [1.807, 2.05) is 0 Å². The zero-order valence-corrected chi connectivity index (χ0v) is 12.0. The molecule has 1 unspecified atom stereocenters. The van der Waals surface area contributed by atoms with Gasteiger partial charge < -0.3 is 14.5 Å². The van der Waals surface area contributed by atoms with Gasteiger partial charge in [-0.3, -0.25) is 4.79 Å². The van der Waals surface area contributed by atoms with Crippen LogP contribution in [0.5, 0.6) is 0 Å². The van der Waals surface area contributed by atoms with Crippen molar-refractivity contribution in [3.8, 4) is 0 Å². The molecule has 0 aliphatic heterocycles. The van der Waals surface area contributed by atoms with Crippen LogP contribution in [0.1, 0.15) is 30.5 Å². The minimum atomic E-state index is -0.394. The number of aliphatic hydroxyl groups is 1. The molecule has 1 amide bonds. The average molecular weight is 287 g/mol. The number of likely N-dealkylation sites (N-methyl/N-ethyl adjacent to an activating group) is 1. The maximum Gasteiger partial charge on any atom is 0.229 e. The van der Waals surface area contributed by atoms with Crippen LogP contribution in [0.2, 0.25) is 5.22 Å². The van der Waals surface area contributed by atoms with Gasteiger partial charge in [0.15, 0.2) is 0 Å². The predicted octanol–water partition coefficient (Wildman–Crippen LogP) is 1.80. The van der Waals surface area contributed by atoms with Crippen LogP contribution in [-0.2, 0) is 11.2 Å². The van der Waals surface area contributed by atoms with Crippen molar-refractivity contribution in [2.75, 3.05) is 13.6 Å². The lowest BCUT2D eigenvalue weighted by Gasteiger charge is -2.20. The number of carbonyl (C=O) groups excluding carboxylic acids is 1. The molecule has 5 nitrogen and oxygen atoms in total. The molecule has 106 valence electrons. The summed E-state index contributed by atoms with van der Waals surface area (Å²) >= 11 is 5.85. The molecule has 0 spiro atoms.